The van der Waals surface area contributed by atoms with E-state index in [4.69, 9.17) is 5.14 Å². The lowest BCUT2D eigenvalue weighted by Crippen LogP contribution is -2.26. The van der Waals surface area contributed by atoms with E-state index in [1.165, 1.54) is 18.4 Å². The van der Waals surface area contributed by atoms with E-state index in [-0.39, 0.29) is 5.75 Å². The molecule has 1 aliphatic rings. The number of fused-ring (bicyclic) bond motifs is 1. The second-order valence-electron chi connectivity index (χ2n) is 5.98. The molecule has 0 spiro atoms. The van der Waals surface area contributed by atoms with Crippen LogP contribution in [0, 0.1) is 0 Å². The molecule has 1 atom stereocenters. The number of rotatable bonds is 4. The second-order valence-corrected chi connectivity index (χ2v) is 7.60. The van der Waals surface area contributed by atoms with E-state index in [1.54, 1.807) is 0 Å². The first-order chi connectivity index (χ1) is 9.92. The first-order valence-corrected chi connectivity index (χ1v) is 8.93. The molecule has 0 unspecified atom stereocenters. The summed E-state index contributed by atoms with van der Waals surface area (Å²) in [5.41, 5.74) is 3.04. The fourth-order valence-electron chi connectivity index (χ4n) is 3.21. The third kappa shape index (κ3) is 3.28. The van der Waals surface area contributed by atoms with Gasteiger partial charge in [-0.1, -0.05) is 6.07 Å². The molecule has 1 saturated heterocycles. The van der Waals surface area contributed by atoms with Gasteiger partial charge in [0.25, 0.3) is 0 Å². The molecule has 0 amide bonds. The number of H-pyrrole nitrogens is 1. The van der Waals surface area contributed by atoms with Gasteiger partial charge in [-0.25, -0.2) is 13.6 Å². The number of primary sulfonamides is 1. The average molecular weight is 307 g/mol. The highest BCUT2D eigenvalue weighted by Crippen LogP contribution is 2.25. The van der Waals surface area contributed by atoms with Crippen LogP contribution in [0.25, 0.3) is 10.9 Å². The first kappa shape index (κ1) is 14.6. The van der Waals surface area contributed by atoms with Crippen molar-refractivity contribution in [3.63, 3.8) is 0 Å². The predicted octanol–water partition coefficient (Wildman–Crippen LogP) is 1.59. The number of benzene rings is 1. The van der Waals surface area contributed by atoms with Crippen LogP contribution in [-0.4, -0.2) is 37.9 Å². The van der Waals surface area contributed by atoms with Crippen LogP contribution < -0.4 is 5.14 Å². The minimum absolute atomic E-state index is 0.114. The fraction of sp³-hybridized carbons (Fsp3) is 0.467. The summed E-state index contributed by atoms with van der Waals surface area (Å²) in [5, 5.41) is 6.24. The Bertz CT molecular complexity index is 751. The summed E-state index contributed by atoms with van der Waals surface area (Å²) in [6, 6.07) is 6.26. The number of hydrogen-bond acceptors (Lipinski definition) is 3. The van der Waals surface area contributed by atoms with Crippen LogP contribution in [0.5, 0.6) is 0 Å². The van der Waals surface area contributed by atoms with Crippen molar-refractivity contribution in [3.8, 4) is 0 Å². The number of aromatic amines is 1. The van der Waals surface area contributed by atoms with Crippen molar-refractivity contribution >= 4 is 20.9 Å². The molecule has 0 aliphatic carbocycles. The number of nitrogens with one attached hydrogen (secondary N) is 1. The van der Waals surface area contributed by atoms with Crippen molar-refractivity contribution in [1.29, 1.82) is 0 Å². The molecule has 114 valence electrons. The van der Waals surface area contributed by atoms with Gasteiger partial charge < -0.3 is 9.88 Å². The van der Waals surface area contributed by atoms with E-state index >= 15 is 0 Å². The molecule has 3 N–H and O–H groups in total. The summed E-state index contributed by atoms with van der Waals surface area (Å²) < 4.78 is 22.5. The van der Waals surface area contributed by atoms with Crippen molar-refractivity contribution in [2.45, 2.75) is 31.1 Å². The number of nitrogens with two attached hydrogens (primary N) is 1. The lowest BCUT2D eigenvalue weighted by Gasteiger charge is -2.18. The number of aromatic nitrogens is 1. The van der Waals surface area contributed by atoms with E-state index in [1.807, 2.05) is 24.4 Å². The Labute approximate surface area is 125 Å². The molecular weight excluding hydrogens is 286 g/mol. The highest BCUT2D eigenvalue weighted by atomic mass is 32.2. The van der Waals surface area contributed by atoms with Gasteiger partial charge in [-0.05, 0) is 56.1 Å². The summed E-state index contributed by atoms with van der Waals surface area (Å²) in [6.45, 7) is 1.16. The van der Waals surface area contributed by atoms with Crippen molar-refractivity contribution in [2.75, 3.05) is 13.6 Å². The van der Waals surface area contributed by atoms with Gasteiger partial charge in [0, 0.05) is 23.1 Å². The van der Waals surface area contributed by atoms with E-state index in [0.29, 0.717) is 6.04 Å². The summed E-state index contributed by atoms with van der Waals surface area (Å²) in [4.78, 5) is 5.66. The van der Waals surface area contributed by atoms with Gasteiger partial charge in [0.2, 0.25) is 10.0 Å². The fourth-order valence-corrected chi connectivity index (χ4v) is 3.85. The largest absolute Gasteiger partial charge is 0.361 e. The Morgan fingerprint density at radius 3 is 2.90 bits per heavy atom. The van der Waals surface area contributed by atoms with Crippen LogP contribution in [0.4, 0.5) is 0 Å². The van der Waals surface area contributed by atoms with Gasteiger partial charge in [0.05, 0.1) is 5.75 Å². The zero-order valence-corrected chi connectivity index (χ0v) is 13.0. The smallest absolute Gasteiger partial charge is 0.213 e. The molecule has 1 aromatic carbocycles. The number of hydrogen-bond donors (Lipinski definition) is 2. The lowest BCUT2D eigenvalue weighted by atomic mass is 10.0. The quantitative estimate of drug-likeness (QED) is 0.900. The van der Waals surface area contributed by atoms with Gasteiger partial charge in [-0.15, -0.1) is 0 Å². The Morgan fingerprint density at radius 1 is 1.43 bits per heavy atom. The average Bonchev–Trinajstić information content (AvgIpc) is 2.96. The summed E-state index contributed by atoms with van der Waals surface area (Å²) in [5.74, 6) is -0.114. The van der Waals surface area contributed by atoms with Gasteiger partial charge in [0.1, 0.15) is 0 Å². The monoisotopic (exact) mass is 307 g/mol. The van der Waals surface area contributed by atoms with E-state index in [0.717, 1.165) is 29.4 Å². The molecule has 0 bridgehead atoms. The van der Waals surface area contributed by atoms with Crippen LogP contribution in [0.1, 0.15) is 24.0 Å². The zero-order valence-electron chi connectivity index (χ0n) is 12.2. The van der Waals surface area contributed by atoms with Crippen LogP contribution in [0.15, 0.2) is 24.4 Å². The van der Waals surface area contributed by atoms with Crippen LogP contribution in [0.3, 0.4) is 0 Å². The van der Waals surface area contributed by atoms with Gasteiger partial charge in [0.15, 0.2) is 0 Å². The van der Waals surface area contributed by atoms with E-state index < -0.39 is 10.0 Å². The van der Waals surface area contributed by atoms with Crippen LogP contribution in [-0.2, 0) is 22.2 Å². The Morgan fingerprint density at radius 2 is 2.24 bits per heavy atom. The zero-order chi connectivity index (χ0) is 15.0. The first-order valence-electron chi connectivity index (χ1n) is 7.22. The second kappa shape index (κ2) is 5.44. The minimum atomic E-state index is -3.49. The molecule has 3 rings (SSSR count). The maximum Gasteiger partial charge on any atom is 0.213 e. The predicted molar refractivity (Wildman–Crippen MR) is 84.5 cm³/mol. The number of likely N-dealkylation sites (tertiary alicyclic amines) is 1. The van der Waals surface area contributed by atoms with Crippen molar-refractivity contribution in [3.05, 3.63) is 35.5 Å². The SMILES string of the molecule is CN1CCC[C@@H]1Cc1c[nH]c2ccc(CS(N)(=O)=O)cc12. The molecule has 1 fully saturated rings. The van der Waals surface area contributed by atoms with Crippen molar-refractivity contribution in [2.24, 2.45) is 5.14 Å². The maximum atomic E-state index is 11.2. The number of nitrogens with zero attached hydrogens (tertiary/aromatic N) is 1. The minimum Gasteiger partial charge on any atom is -0.361 e. The molecule has 5 nitrogen and oxygen atoms in total. The summed E-state index contributed by atoms with van der Waals surface area (Å²) in [7, 11) is -1.33. The Hall–Kier alpha value is -1.37. The molecule has 2 aromatic rings. The van der Waals surface area contributed by atoms with Crippen LogP contribution in [0.2, 0.25) is 0 Å². The molecule has 2 heterocycles. The Balaban J connectivity index is 1.90. The Kier molecular flexibility index (Phi) is 3.77. The molecular formula is C15H21N3O2S. The maximum absolute atomic E-state index is 11.2. The number of likely N-dealkylation sites (N-methyl/N-ethyl adjacent to an activating group) is 1. The summed E-state index contributed by atoms with van der Waals surface area (Å²) >= 11 is 0. The van der Waals surface area contributed by atoms with E-state index in [9.17, 15) is 8.42 Å². The molecule has 1 aliphatic heterocycles. The van der Waals surface area contributed by atoms with E-state index in [2.05, 4.69) is 16.9 Å². The summed E-state index contributed by atoms with van der Waals surface area (Å²) in [6.07, 6.45) is 5.51. The normalized spacial score (nSPS) is 20.4. The topological polar surface area (TPSA) is 79.2 Å². The number of sulfonamides is 1. The molecule has 6 heteroatoms. The van der Waals surface area contributed by atoms with Gasteiger partial charge in [-0.2, -0.15) is 0 Å². The third-order valence-electron chi connectivity index (χ3n) is 4.33. The highest BCUT2D eigenvalue weighted by molar-refractivity contribution is 7.88. The molecule has 0 radical (unpaired) electrons. The van der Waals surface area contributed by atoms with Crippen molar-refractivity contribution in [1.82, 2.24) is 9.88 Å². The third-order valence-corrected chi connectivity index (χ3v) is 5.06. The van der Waals surface area contributed by atoms with Gasteiger partial charge >= 0.3 is 0 Å². The molecule has 1 aromatic heterocycles. The lowest BCUT2D eigenvalue weighted by molar-refractivity contribution is 0.310. The van der Waals surface area contributed by atoms with Crippen molar-refractivity contribution < 1.29 is 8.42 Å². The van der Waals surface area contributed by atoms with Gasteiger partial charge in [-0.3, -0.25) is 0 Å². The standard InChI is InChI=1S/C15H21N3O2S/c1-18-6-2-3-13(18)8-12-9-17-15-5-4-11(7-14(12)15)10-21(16,19)20/h4-5,7,9,13,17H,2-3,6,8,10H2,1H3,(H2,16,19,20)/t13-/m1/s1. The molecule has 21 heavy (non-hydrogen) atoms. The molecule has 0 saturated carbocycles. The highest BCUT2D eigenvalue weighted by Gasteiger charge is 2.22. The van der Waals surface area contributed by atoms with Crippen LogP contribution >= 0.6 is 0 Å².